The van der Waals surface area contributed by atoms with Gasteiger partial charge in [-0.2, -0.15) is 0 Å². The van der Waals surface area contributed by atoms with E-state index >= 15 is 0 Å². The third-order valence-corrected chi connectivity index (χ3v) is 2.84. The van der Waals surface area contributed by atoms with E-state index in [1.54, 1.807) is 0 Å². The molecule has 84 valence electrons. The van der Waals surface area contributed by atoms with Crippen molar-refractivity contribution in [2.75, 3.05) is 0 Å². The molecule has 2 aromatic carbocycles. The molecule has 0 amide bonds. The summed E-state index contributed by atoms with van der Waals surface area (Å²) in [6.07, 6.45) is 0. The Balaban J connectivity index is 2.03. The monoisotopic (exact) mass is 223 g/mol. The van der Waals surface area contributed by atoms with Gasteiger partial charge in [0.1, 0.15) is 5.52 Å². The van der Waals surface area contributed by atoms with E-state index in [-0.39, 0.29) is 0 Å². The highest BCUT2D eigenvalue weighted by atomic mass is 15.4. The quantitative estimate of drug-likeness (QED) is 0.668. The summed E-state index contributed by atoms with van der Waals surface area (Å²) >= 11 is 0. The Labute approximate surface area is 99.7 Å². The van der Waals surface area contributed by atoms with Crippen LogP contribution in [-0.2, 0) is 6.54 Å². The molecule has 1 heterocycles. The standard InChI is InChI=1S/C14H13N3/c1-11-7-8-13-14(9-11)17(16-15-13)10-12-5-3-2-4-6-12/h2-9H,10H2,1H3. The molecule has 0 aliphatic heterocycles. The number of fused-ring (bicyclic) bond motifs is 1. The SMILES string of the molecule is Cc1ccc2nnn(Cc3ccccc3)c2c1. The van der Waals surface area contributed by atoms with E-state index in [1.807, 2.05) is 28.9 Å². The summed E-state index contributed by atoms with van der Waals surface area (Å²) in [6, 6.07) is 16.5. The van der Waals surface area contributed by atoms with Crippen LogP contribution in [0.1, 0.15) is 11.1 Å². The highest BCUT2D eigenvalue weighted by Gasteiger charge is 2.04. The Kier molecular flexibility index (Phi) is 2.37. The zero-order chi connectivity index (χ0) is 11.7. The van der Waals surface area contributed by atoms with Crippen LogP contribution in [0.3, 0.4) is 0 Å². The minimum absolute atomic E-state index is 0.765. The summed E-state index contributed by atoms with van der Waals surface area (Å²) in [7, 11) is 0. The number of rotatable bonds is 2. The van der Waals surface area contributed by atoms with Gasteiger partial charge in [0, 0.05) is 0 Å². The topological polar surface area (TPSA) is 30.7 Å². The minimum Gasteiger partial charge on any atom is -0.240 e. The second kappa shape index (κ2) is 4.01. The molecule has 0 aliphatic rings. The number of aromatic nitrogens is 3. The molecule has 17 heavy (non-hydrogen) atoms. The molecule has 3 nitrogen and oxygen atoms in total. The van der Waals surface area contributed by atoms with Crippen molar-refractivity contribution in [3.8, 4) is 0 Å². The second-order valence-electron chi connectivity index (χ2n) is 4.22. The minimum atomic E-state index is 0.765. The molecular formula is C14H13N3. The number of benzene rings is 2. The van der Waals surface area contributed by atoms with Gasteiger partial charge in [0.15, 0.2) is 0 Å². The lowest BCUT2D eigenvalue weighted by atomic mass is 10.2. The van der Waals surface area contributed by atoms with Crippen LogP contribution in [0.4, 0.5) is 0 Å². The van der Waals surface area contributed by atoms with Crippen LogP contribution in [-0.4, -0.2) is 15.0 Å². The molecule has 0 aliphatic carbocycles. The van der Waals surface area contributed by atoms with Gasteiger partial charge in [0.2, 0.25) is 0 Å². The Morgan fingerprint density at radius 2 is 1.88 bits per heavy atom. The van der Waals surface area contributed by atoms with E-state index in [4.69, 9.17) is 0 Å². The van der Waals surface area contributed by atoms with Gasteiger partial charge in [-0.05, 0) is 30.2 Å². The third kappa shape index (κ3) is 1.91. The van der Waals surface area contributed by atoms with Crippen molar-refractivity contribution in [1.82, 2.24) is 15.0 Å². The highest BCUT2D eigenvalue weighted by molar-refractivity contribution is 5.75. The summed E-state index contributed by atoms with van der Waals surface area (Å²) < 4.78 is 1.94. The van der Waals surface area contributed by atoms with Gasteiger partial charge < -0.3 is 0 Å². The van der Waals surface area contributed by atoms with Gasteiger partial charge in [0.25, 0.3) is 0 Å². The molecule has 3 heteroatoms. The van der Waals surface area contributed by atoms with Crippen molar-refractivity contribution >= 4 is 11.0 Å². The Morgan fingerprint density at radius 1 is 1.06 bits per heavy atom. The first-order chi connectivity index (χ1) is 8.33. The molecule has 0 radical (unpaired) electrons. The first kappa shape index (κ1) is 10.0. The largest absolute Gasteiger partial charge is 0.240 e. The molecule has 0 fully saturated rings. The van der Waals surface area contributed by atoms with Crippen molar-refractivity contribution in [2.24, 2.45) is 0 Å². The number of nitrogens with zero attached hydrogens (tertiary/aromatic N) is 3. The lowest BCUT2D eigenvalue weighted by Crippen LogP contribution is -2.01. The van der Waals surface area contributed by atoms with Crippen LogP contribution in [0.25, 0.3) is 11.0 Å². The van der Waals surface area contributed by atoms with E-state index < -0.39 is 0 Å². The predicted octanol–water partition coefficient (Wildman–Crippen LogP) is 2.79. The van der Waals surface area contributed by atoms with E-state index in [1.165, 1.54) is 11.1 Å². The van der Waals surface area contributed by atoms with Crippen molar-refractivity contribution in [3.63, 3.8) is 0 Å². The summed E-state index contributed by atoms with van der Waals surface area (Å²) in [5.74, 6) is 0. The molecule has 0 saturated carbocycles. The third-order valence-electron chi connectivity index (χ3n) is 2.84. The Bertz CT molecular complexity index is 641. The average molecular weight is 223 g/mol. The maximum Gasteiger partial charge on any atom is 0.113 e. The lowest BCUT2D eigenvalue weighted by Gasteiger charge is -2.02. The van der Waals surface area contributed by atoms with Crippen molar-refractivity contribution in [2.45, 2.75) is 13.5 Å². The zero-order valence-corrected chi connectivity index (χ0v) is 9.67. The van der Waals surface area contributed by atoms with Crippen LogP contribution >= 0.6 is 0 Å². The molecule has 0 spiro atoms. The lowest BCUT2D eigenvalue weighted by molar-refractivity contribution is 0.669. The molecule has 3 rings (SSSR count). The molecule has 0 unspecified atom stereocenters. The zero-order valence-electron chi connectivity index (χ0n) is 9.67. The highest BCUT2D eigenvalue weighted by Crippen LogP contribution is 2.14. The van der Waals surface area contributed by atoms with Gasteiger partial charge in [-0.25, -0.2) is 4.68 Å². The van der Waals surface area contributed by atoms with Crippen LogP contribution in [0.2, 0.25) is 0 Å². The van der Waals surface area contributed by atoms with Gasteiger partial charge in [0.05, 0.1) is 12.1 Å². The van der Waals surface area contributed by atoms with Gasteiger partial charge in [-0.15, -0.1) is 5.10 Å². The maximum atomic E-state index is 4.20. The second-order valence-corrected chi connectivity index (χ2v) is 4.22. The Morgan fingerprint density at radius 3 is 2.71 bits per heavy atom. The fraction of sp³-hybridized carbons (Fsp3) is 0.143. The molecule has 1 aromatic heterocycles. The number of aryl methyl sites for hydroxylation is 1. The van der Waals surface area contributed by atoms with Gasteiger partial charge in [-0.1, -0.05) is 41.6 Å². The summed E-state index contributed by atoms with van der Waals surface area (Å²) in [6.45, 7) is 2.85. The van der Waals surface area contributed by atoms with Crippen LogP contribution in [0.5, 0.6) is 0 Å². The van der Waals surface area contributed by atoms with Crippen molar-refractivity contribution < 1.29 is 0 Å². The molecule has 0 atom stereocenters. The van der Waals surface area contributed by atoms with Crippen LogP contribution in [0, 0.1) is 6.92 Å². The van der Waals surface area contributed by atoms with E-state index in [9.17, 15) is 0 Å². The van der Waals surface area contributed by atoms with Crippen molar-refractivity contribution in [1.29, 1.82) is 0 Å². The molecule has 0 bridgehead atoms. The van der Waals surface area contributed by atoms with Crippen LogP contribution in [0.15, 0.2) is 48.5 Å². The molecule has 3 aromatic rings. The fourth-order valence-corrected chi connectivity index (χ4v) is 1.95. The fourth-order valence-electron chi connectivity index (χ4n) is 1.95. The van der Waals surface area contributed by atoms with Gasteiger partial charge in [-0.3, -0.25) is 0 Å². The maximum absolute atomic E-state index is 4.20. The predicted molar refractivity (Wildman–Crippen MR) is 67.8 cm³/mol. The summed E-state index contributed by atoms with van der Waals surface area (Å²) in [5, 5.41) is 8.37. The normalized spacial score (nSPS) is 10.9. The first-order valence-corrected chi connectivity index (χ1v) is 5.67. The number of hydrogen-bond acceptors (Lipinski definition) is 2. The van der Waals surface area contributed by atoms with E-state index in [0.717, 1.165) is 17.6 Å². The first-order valence-electron chi connectivity index (χ1n) is 5.67. The Hall–Kier alpha value is -2.16. The summed E-state index contributed by atoms with van der Waals surface area (Å²) in [4.78, 5) is 0. The molecule has 0 saturated heterocycles. The average Bonchev–Trinajstić information content (AvgIpc) is 2.73. The molecular weight excluding hydrogens is 210 g/mol. The summed E-state index contributed by atoms with van der Waals surface area (Å²) in [5.41, 5.74) is 4.51. The van der Waals surface area contributed by atoms with Crippen LogP contribution < -0.4 is 0 Å². The molecule has 0 N–H and O–H groups in total. The smallest absolute Gasteiger partial charge is 0.113 e. The van der Waals surface area contributed by atoms with Crippen molar-refractivity contribution in [3.05, 3.63) is 59.7 Å². The van der Waals surface area contributed by atoms with E-state index in [2.05, 4.69) is 41.5 Å². The van der Waals surface area contributed by atoms with E-state index in [0.29, 0.717) is 0 Å². The van der Waals surface area contributed by atoms with Gasteiger partial charge >= 0.3 is 0 Å². The number of hydrogen-bond donors (Lipinski definition) is 0.